The van der Waals surface area contributed by atoms with Gasteiger partial charge in [0.1, 0.15) is 23.1 Å². The first-order valence-electron chi connectivity index (χ1n) is 7.43. The first-order chi connectivity index (χ1) is 11.6. The topological polar surface area (TPSA) is 71.2 Å². The van der Waals surface area contributed by atoms with E-state index in [0.29, 0.717) is 29.8 Å². The number of fused-ring (bicyclic) bond motifs is 1. The minimum atomic E-state index is -3.97. The largest absolute Gasteiger partial charge is 0.490 e. The summed E-state index contributed by atoms with van der Waals surface area (Å²) in [5, 5.41) is 3.44. The summed E-state index contributed by atoms with van der Waals surface area (Å²) in [7, 11) is -2.15. The van der Waals surface area contributed by atoms with Gasteiger partial charge >= 0.3 is 0 Å². The zero-order valence-electron chi connectivity index (χ0n) is 13.0. The zero-order chi connectivity index (χ0) is 17.2. The lowest BCUT2D eigenvalue weighted by molar-refractivity contribution is 0.321. The van der Waals surface area contributed by atoms with Crippen molar-refractivity contribution in [2.75, 3.05) is 20.2 Å². The highest BCUT2D eigenvalue weighted by Crippen LogP contribution is 2.33. The Balaban J connectivity index is 2.08. The second-order valence-electron chi connectivity index (χ2n) is 5.22. The van der Waals surface area contributed by atoms with Gasteiger partial charge in [-0.15, -0.1) is 0 Å². The summed E-state index contributed by atoms with van der Waals surface area (Å²) in [6.45, 7) is 1.11. The van der Waals surface area contributed by atoms with Crippen molar-refractivity contribution in [3.05, 3.63) is 54.5 Å². The molecule has 0 aliphatic heterocycles. The Morgan fingerprint density at radius 3 is 2.67 bits per heavy atom. The smallest absolute Gasteiger partial charge is 0.211 e. The van der Waals surface area contributed by atoms with Crippen LogP contribution < -0.4 is 10.1 Å². The number of para-hydroxylation sites is 1. The molecule has 0 radical (unpaired) electrons. The summed E-state index contributed by atoms with van der Waals surface area (Å²) in [5.74, 6) is -0.217. The van der Waals surface area contributed by atoms with Crippen molar-refractivity contribution in [3.8, 4) is 5.75 Å². The first-order valence-corrected chi connectivity index (χ1v) is 8.91. The molecular formula is C17H17FN2O3S. The van der Waals surface area contributed by atoms with Gasteiger partial charge in [-0.25, -0.2) is 12.8 Å². The predicted octanol–water partition coefficient (Wildman–Crippen LogP) is 2.74. The number of H-pyrrole nitrogens is 1. The van der Waals surface area contributed by atoms with Crippen molar-refractivity contribution in [3.63, 3.8) is 0 Å². The first kappa shape index (κ1) is 16.5. The Labute approximate surface area is 139 Å². The highest BCUT2D eigenvalue weighted by Gasteiger charge is 2.25. The van der Waals surface area contributed by atoms with E-state index in [1.54, 1.807) is 18.2 Å². The molecule has 2 N–H and O–H groups in total. The molecule has 1 heterocycles. The van der Waals surface area contributed by atoms with Crippen LogP contribution in [0.25, 0.3) is 10.9 Å². The van der Waals surface area contributed by atoms with Gasteiger partial charge in [0.2, 0.25) is 9.84 Å². The van der Waals surface area contributed by atoms with E-state index >= 15 is 0 Å². The van der Waals surface area contributed by atoms with Crippen LogP contribution in [0.4, 0.5) is 4.39 Å². The Hall–Kier alpha value is -2.38. The summed E-state index contributed by atoms with van der Waals surface area (Å²) in [5.41, 5.74) is 0.573. The van der Waals surface area contributed by atoms with Gasteiger partial charge in [0.05, 0.1) is 10.4 Å². The molecule has 0 saturated heterocycles. The van der Waals surface area contributed by atoms with E-state index in [2.05, 4.69) is 10.3 Å². The third-order valence-corrected chi connectivity index (χ3v) is 5.49. The molecule has 0 unspecified atom stereocenters. The van der Waals surface area contributed by atoms with Crippen LogP contribution in [0.5, 0.6) is 5.75 Å². The van der Waals surface area contributed by atoms with Gasteiger partial charge in [-0.3, -0.25) is 0 Å². The van der Waals surface area contributed by atoms with Crippen molar-refractivity contribution in [2.45, 2.75) is 9.79 Å². The molecule has 24 heavy (non-hydrogen) atoms. The predicted molar refractivity (Wildman–Crippen MR) is 89.6 cm³/mol. The molecule has 0 bridgehead atoms. The number of nitrogens with one attached hydrogen (secondary N) is 2. The number of ether oxygens (including phenoxy) is 1. The average Bonchev–Trinajstić information content (AvgIpc) is 3.01. The second kappa shape index (κ2) is 6.62. The molecular weight excluding hydrogens is 331 g/mol. The molecule has 0 amide bonds. The van der Waals surface area contributed by atoms with Gasteiger partial charge in [0, 0.05) is 18.1 Å². The van der Waals surface area contributed by atoms with Gasteiger partial charge in [0.25, 0.3) is 0 Å². The SMILES string of the molecule is CNCCOc1cccc2c(S(=O)(=O)c3ccccc3F)c[nH]c12. The molecule has 3 rings (SSSR count). The number of likely N-dealkylation sites (N-methyl/N-ethyl adjacent to an activating group) is 1. The Morgan fingerprint density at radius 1 is 1.12 bits per heavy atom. The maximum absolute atomic E-state index is 13.9. The molecule has 0 atom stereocenters. The van der Waals surface area contributed by atoms with Gasteiger partial charge in [-0.05, 0) is 25.2 Å². The van der Waals surface area contributed by atoms with Crippen LogP contribution in [-0.4, -0.2) is 33.6 Å². The molecule has 0 aliphatic carbocycles. The van der Waals surface area contributed by atoms with Crippen LogP contribution in [0.1, 0.15) is 0 Å². The minimum Gasteiger partial charge on any atom is -0.490 e. The van der Waals surface area contributed by atoms with E-state index in [4.69, 9.17) is 4.74 Å². The molecule has 0 aliphatic rings. The lowest BCUT2D eigenvalue weighted by Crippen LogP contribution is -2.16. The van der Waals surface area contributed by atoms with Gasteiger partial charge in [-0.1, -0.05) is 24.3 Å². The van der Waals surface area contributed by atoms with Crippen molar-refractivity contribution in [2.24, 2.45) is 0 Å². The molecule has 5 nitrogen and oxygen atoms in total. The van der Waals surface area contributed by atoms with Crippen molar-refractivity contribution < 1.29 is 17.5 Å². The second-order valence-corrected chi connectivity index (χ2v) is 7.10. The summed E-state index contributed by atoms with van der Waals surface area (Å²) in [4.78, 5) is 2.62. The maximum atomic E-state index is 13.9. The van der Waals surface area contributed by atoms with Gasteiger partial charge in [0.15, 0.2) is 0 Å². The number of benzene rings is 2. The molecule has 0 saturated carbocycles. The normalized spacial score (nSPS) is 11.8. The number of rotatable bonds is 6. The third kappa shape index (κ3) is 2.88. The van der Waals surface area contributed by atoms with Crippen LogP contribution in [0.15, 0.2) is 58.5 Å². The number of aromatic nitrogens is 1. The number of halogens is 1. The maximum Gasteiger partial charge on any atom is 0.211 e. The molecule has 3 aromatic rings. The van der Waals surface area contributed by atoms with Crippen LogP contribution in [-0.2, 0) is 9.84 Å². The third-order valence-electron chi connectivity index (χ3n) is 3.66. The lowest BCUT2D eigenvalue weighted by atomic mass is 10.2. The molecule has 126 valence electrons. The fourth-order valence-electron chi connectivity index (χ4n) is 2.49. The summed E-state index contributed by atoms with van der Waals surface area (Å²) in [6.07, 6.45) is 1.37. The highest BCUT2D eigenvalue weighted by molar-refractivity contribution is 7.91. The average molecular weight is 348 g/mol. The number of hydrogen-bond donors (Lipinski definition) is 2. The molecule has 1 aromatic heterocycles. The van der Waals surface area contributed by atoms with Crippen molar-refractivity contribution in [1.82, 2.24) is 10.3 Å². The Kier molecular flexibility index (Phi) is 4.55. The molecule has 0 fully saturated rings. The van der Waals surface area contributed by atoms with Gasteiger partial charge < -0.3 is 15.0 Å². The lowest BCUT2D eigenvalue weighted by Gasteiger charge is -2.07. The fourth-order valence-corrected chi connectivity index (χ4v) is 3.98. The van der Waals surface area contributed by atoms with E-state index in [0.717, 1.165) is 6.07 Å². The van der Waals surface area contributed by atoms with E-state index in [1.165, 1.54) is 24.4 Å². The van der Waals surface area contributed by atoms with Crippen molar-refractivity contribution in [1.29, 1.82) is 0 Å². The molecule has 7 heteroatoms. The molecule has 0 spiro atoms. The fraction of sp³-hybridized carbons (Fsp3) is 0.176. The zero-order valence-corrected chi connectivity index (χ0v) is 13.9. The highest BCUT2D eigenvalue weighted by atomic mass is 32.2. The minimum absolute atomic E-state index is 0.0293. The number of hydrogen-bond acceptors (Lipinski definition) is 4. The van der Waals surface area contributed by atoms with E-state index in [9.17, 15) is 12.8 Å². The Morgan fingerprint density at radius 2 is 1.92 bits per heavy atom. The standard InChI is InChI=1S/C17H17FN2O3S/c1-19-9-10-23-14-7-4-5-12-16(11-20-17(12)14)24(21,22)15-8-3-2-6-13(15)18/h2-8,11,19-20H,9-10H2,1H3. The summed E-state index contributed by atoms with van der Waals surface area (Å²) in [6, 6.07) is 10.5. The van der Waals surface area contributed by atoms with Crippen LogP contribution in [0, 0.1) is 5.82 Å². The quantitative estimate of drug-likeness (QED) is 0.672. The van der Waals surface area contributed by atoms with Crippen molar-refractivity contribution >= 4 is 20.7 Å². The summed E-state index contributed by atoms with van der Waals surface area (Å²) < 4.78 is 45.2. The van der Waals surface area contributed by atoms with Crippen LogP contribution in [0.3, 0.4) is 0 Å². The monoisotopic (exact) mass is 348 g/mol. The van der Waals surface area contributed by atoms with Crippen LogP contribution in [0.2, 0.25) is 0 Å². The number of aromatic amines is 1. The summed E-state index contributed by atoms with van der Waals surface area (Å²) >= 11 is 0. The number of sulfone groups is 1. The Bertz CT molecular complexity index is 967. The van der Waals surface area contributed by atoms with Gasteiger partial charge in [-0.2, -0.15) is 0 Å². The molecule has 2 aromatic carbocycles. The van der Waals surface area contributed by atoms with E-state index in [-0.39, 0.29) is 9.79 Å². The van der Waals surface area contributed by atoms with Crippen LogP contribution >= 0.6 is 0 Å². The van der Waals surface area contributed by atoms with E-state index in [1.807, 2.05) is 7.05 Å². The van der Waals surface area contributed by atoms with E-state index < -0.39 is 15.7 Å².